The smallest absolute Gasteiger partial charge is 0.298 e. The highest BCUT2D eigenvalue weighted by Crippen LogP contribution is 2.28. The summed E-state index contributed by atoms with van der Waals surface area (Å²) in [6.45, 7) is 1.76. The molecule has 0 bridgehead atoms. The number of hydrogen-bond donors (Lipinski definition) is 3. The molecular weight excluding hydrogens is 464 g/mol. The van der Waals surface area contributed by atoms with E-state index in [9.17, 15) is 14.4 Å². The average molecular weight is 485 g/mol. The summed E-state index contributed by atoms with van der Waals surface area (Å²) >= 11 is 1.49. The van der Waals surface area contributed by atoms with Crippen LogP contribution >= 0.6 is 11.3 Å². The number of nitrogens with zero attached hydrogens (tertiary/aromatic N) is 3. The summed E-state index contributed by atoms with van der Waals surface area (Å²) in [6, 6.07) is 12.8. The molecule has 174 valence electrons. The van der Waals surface area contributed by atoms with Gasteiger partial charge in [0.15, 0.2) is 0 Å². The van der Waals surface area contributed by atoms with Crippen molar-refractivity contribution in [2.45, 2.75) is 26.2 Å². The number of ketones is 1. The maximum absolute atomic E-state index is 13.2. The van der Waals surface area contributed by atoms with Crippen LogP contribution in [0.3, 0.4) is 0 Å². The molecule has 4 aromatic heterocycles. The van der Waals surface area contributed by atoms with Crippen LogP contribution < -0.4 is 10.9 Å². The predicted octanol–water partition coefficient (Wildman–Crippen LogP) is 3.78. The molecule has 0 aliphatic heterocycles. The van der Waals surface area contributed by atoms with Gasteiger partial charge in [0.25, 0.3) is 17.2 Å². The quantitative estimate of drug-likeness (QED) is 0.259. The van der Waals surface area contributed by atoms with E-state index in [4.69, 9.17) is 0 Å². The van der Waals surface area contributed by atoms with Gasteiger partial charge < -0.3 is 10.3 Å². The van der Waals surface area contributed by atoms with Gasteiger partial charge in [-0.15, -0.1) is 11.3 Å². The lowest BCUT2D eigenvalue weighted by molar-refractivity contribution is -0.112. The third kappa shape index (κ3) is 3.58. The first-order chi connectivity index (χ1) is 17.0. The second-order valence-electron chi connectivity index (χ2n) is 8.43. The number of Topliss-reactive ketones (excluding diaryl/α,β-unsaturated/α-hetero) is 1. The van der Waals surface area contributed by atoms with Crippen LogP contribution in [0.5, 0.6) is 0 Å². The maximum atomic E-state index is 13.2. The fourth-order valence-electron chi connectivity index (χ4n) is 4.56. The molecule has 3 N–H and O–H groups in total. The lowest BCUT2D eigenvalue weighted by Crippen LogP contribution is -2.26. The molecule has 1 amide bonds. The zero-order valence-electron chi connectivity index (χ0n) is 18.7. The van der Waals surface area contributed by atoms with Crippen LogP contribution in [-0.4, -0.2) is 36.4 Å². The van der Waals surface area contributed by atoms with E-state index in [1.54, 1.807) is 19.1 Å². The average Bonchev–Trinajstić information content (AvgIpc) is 3.63. The van der Waals surface area contributed by atoms with Crippen LogP contribution in [0.1, 0.15) is 33.7 Å². The Labute approximate surface area is 202 Å². The van der Waals surface area contributed by atoms with Crippen LogP contribution in [0.4, 0.5) is 5.82 Å². The van der Waals surface area contributed by atoms with E-state index in [1.807, 2.05) is 35.7 Å². The molecule has 1 aliphatic carbocycles. The Bertz CT molecular complexity index is 1680. The minimum absolute atomic E-state index is 0.199. The van der Waals surface area contributed by atoms with Gasteiger partial charge in [-0.1, -0.05) is 24.3 Å². The molecular formula is C25H20N6O3S. The summed E-state index contributed by atoms with van der Waals surface area (Å²) in [4.78, 5) is 50.4. The topological polar surface area (TPSA) is 126 Å². The van der Waals surface area contributed by atoms with Crippen LogP contribution in [0.25, 0.3) is 27.4 Å². The number of anilines is 1. The van der Waals surface area contributed by atoms with Crippen molar-refractivity contribution in [1.82, 2.24) is 24.7 Å². The Balaban J connectivity index is 1.41. The third-order valence-electron chi connectivity index (χ3n) is 6.18. The summed E-state index contributed by atoms with van der Waals surface area (Å²) in [5, 5.41) is 9.90. The summed E-state index contributed by atoms with van der Waals surface area (Å²) in [6.07, 6.45) is 2.28. The normalized spacial score (nSPS) is 12.7. The highest BCUT2D eigenvalue weighted by atomic mass is 32.1. The number of H-pyrrole nitrogens is 2. The second kappa shape index (κ2) is 8.17. The minimum atomic E-state index is -0.805. The number of carbonyl (C=O) groups excluding carboxylic acids is 2. The first-order valence-corrected chi connectivity index (χ1v) is 12.1. The molecule has 1 aromatic carbocycles. The van der Waals surface area contributed by atoms with Gasteiger partial charge in [0.05, 0.1) is 16.1 Å². The number of amides is 1. The summed E-state index contributed by atoms with van der Waals surface area (Å²) in [5.41, 5.74) is 3.53. The van der Waals surface area contributed by atoms with Crippen molar-refractivity contribution in [3.8, 4) is 16.5 Å². The van der Waals surface area contributed by atoms with Crippen molar-refractivity contribution in [3.05, 3.63) is 80.7 Å². The zero-order valence-corrected chi connectivity index (χ0v) is 19.5. The Morgan fingerprint density at radius 2 is 1.97 bits per heavy atom. The fourth-order valence-corrected chi connectivity index (χ4v) is 5.24. The molecule has 0 unspecified atom stereocenters. The third-order valence-corrected chi connectivity index (χ3v) is 7.07. The number of benzene rings is 1. The van der Waals surface area contributed by atoms with E-state index in [-0.39, 0.29) is 17.3 Å². The van der Waals surface area contributed by atoms with Crippen molar-refractivity contribution < 1.29 is 9.59 Å². The largest absolute Gasteiger partial charge is 0.358 e. The summed E-state index contributed by atoms with van der Waals surface area (Å²) in [5.74, 6) is -1.03. The van der Waals surface area contributed by atoms with Crippen molar-refractivity contribution >= 4 is 39.7 Å². The van der Waals surface area contributed by atoms with Gasteiger partial charge in [-0.25, -0.2) is 4.98 Å². The van der Waals surface area contributed by atoms with Crippen LogP contribution in [0, 0.1) is 6.92 Å². The number of aryl methyl sites for hydroxylation is 2. The number of thiophene rings is 1. The monoisotopic (exact) mass is 484 g/mol. The first kappa shape index (κ1) is 21.2. The number of carbonyl (C=O) groups is 2. The van der Waals surface area contributed by atoms with Gasteiger partial charge in [0.1, 0.15) is 11.5 Å². The van der Waals surface area contributed by atoms with Gasteiger partial charge >= 0.3 is 0 Å². The Morgan fingerprint density at radius 1 is 1.11 bits per heavy atom. The highest BCUT2D eigenvalue weighted by molar-refractivity contribution is 7.13. The molecule has 6 rings (SSSR count). The number of hydrogen-bond acceptors (Lipinski definition) is 6. The van der Waals surface area contributed by atoms with Crippen molar-refractivity contribution in [2.24, 2.45) is 0 Å². The van der Waals surface area contributed by atoms with E-state index < -0.39 is 11.7 Å². The number of rotatable bonds is 5. The number of para-hydroxylation sites is 1. The number of aromatic nitrogens is 5. The number of nitrogens with one attached hydrogen (secondary N) is 3. The lowest BCUT2D eigenvalue weighted by atomic mass is 10.1. The van der Waals surface area contributed by atoms with Crippen molar-refractivity contribution in [3.63, 3.8) is 0 Å². The van der Waals surface area contributed by atoms with E-state index in [0.717, 1.165) is 22.5 Å². The van der Waals surface area contributed by atoms with Gasteiger partial charge in [0.2, 0.25) is 5.95 Å². The van der Waals surface area contributed by atoms with Gasteiger partial charge in [-0.05, 0) is 43.7 Å². The Kier molecular flexibility index (Phi) is 4.96. The minimum Gasteiger partial charge on any atom is -0.358 e. The van der Waals surface area contributed by atoms with E-state index in [2.05, 4.69) is 25.4 Å². The molecule has 1 aliphatic rings. The molecule has 4 heterocycles. The predicted molar refractivity (Wildman–Crippen MR) is 133 cm³/mol. The lowest BCUT2D eigenvalue weighted by Gasteiger charge is -2.09. The Morgan fingerprint density at radius 3 is 2.80 bits per heavy atom. The van der Waals surface area contributed by atoms with E-state index in [1.165, 1.54) is 16.0 Å². The zero-order chi connectivity index (χ0) is 24.1. The molecule has 10 heteroatoms. The molecule has 9 nitrogen and oxygen atoms in total. The van der Waals surface area contributed by atoms with Gasteiger partial charge in [-0.3, -0.25) is 19.4 Å². The molecule has 0 fully saturated rings. The fraction of sp³-hybridized carbons (Fsp3) is 0.160. The van der Waals surface area contributed by atoms with Crippen molar-refractivity contribution in [2.75, 3.05) is 5.32 Å². The molecule has 0 atom stereocenters. The van der Waals surface area contributed by atoms with Crippen LogP contribution in [0.15, 0.2) is 52.6 Å². The highest BCUT2D eigenvalue weighted by Gasteiger charge is 2.26. The Hall–Kier alpha value is -4.31. The standard InChI is InChI=1S/C25H20N6O3S/c1-13-21(14-6-2-3-8-16(14)26-13)22(32)24(34)28-20-12-18(19-10-5-11-35-19)30-31(20)25-27-17-9-4-7-15(17)23(33)29-25/h2-3,5-6,8,10-12,26H,4,7,9H2,1H3,(H,28,34)(H,27,29,33). The summed E-state index contributed by atoms with van der Waals surface area (Å²) in [7, 11) is 0. The molecule has 5 aromatic rings. The molecule has 0 saturated heterocycles. The second-order valence-corrected chi connectivity index (χ2v) is 9.37. The molecule has 0 saturated carbocycles. The number of fused-ring (bicyclic) bond motifs is 2. The van der Waals surface area contributed by atoms with E-state index >= 15 is 0 Å². The van der Waals surface area contributed by atoms with Crippen molar-refractivity contribution in [1.29, 1.82) is 0 Å². The molecule has 35 heavy (non-hydrogen) atoms. The van der Waals surface area contributed by atoms with Gasteiger partial charge in [-0.2, -0.15) is 9.78 Å². The SMILES string of the molecule is Cc1[nH]c2ccccc2c1C(=O)C(=O)Nc1cc(-c2cccs2)nn1-c1nc2c(c(=O)[nH]1)CCC2. The van der Waals surface area contributed by atoms with Crippen LogP contribution in [-0.2, 0) is 17.6 Å². The molecule has 0 radical (unpaired) electrons. The molecule has 0 spiro atoms. The summed E-state index contributed by atoms with van der Waals surface area (Å²) < 4.78 is 1.38. The van der Waals surface area contributed by atoms with Gasteiger partial charge in [0, 0.05) is 28.2 Å². The first-order valence-electron chi connectivity index (χ1n) is 11.2. The van der Waals surface area contributed by atoms with Crippen LogP contribution in [0.2, 0.25) is 0 Å². The van der Waals surface area contributed by atoms with E-state index in [0.29, 0.717) is 40.7 Å². The number of aromatic amines is 2. The maximum Gasteiger partial charge on any atom is 0.298 e.